The van der Waals surface area contributed by atoms with E-state index >= 15 is 0 Å². The van der Waals surface area contributed by atoms with E-state index in [1.54, 1.807) is 6.07 Å². The number of amides is 2. The van der Waals surface area contributed by atoms with Gasteiger partial charge in [0.1, 0.15) is 11.3 Å². The summed E-state index contributed by atoms with van der Waals surface area (Å²) in [5, 5.41) is 14.3. The van der Waals surface area contributed by atoms with E-state index in [4.69, 9.17) is 9.15 Å². The molecule has 2 heterocycles. The molecule has 1 aromatic heterocycles. The molecule has 1 saturated carbocycles. The normalized spacial score (nSPS) is 22.0. The number of ether oxygens (including phenoxy) is 1. The van der Waals surface area contributed by atoms with Crippen LogP contribution in [0.25, 0.3) is 11.0 Å². The molecule has 0 radical (unpaired) electrons. The van der Waals surface area contributed by atoms with Crippen LogP contribution in [-0.2, 0) is 16.0 Å². The van der Waals surface area contributed by atoms with Gasteiger partial charge in [0, 0.05) is 38.0 Å². The summed E-state index contributed by atoms with van der Waals surface area (Å²) < 4.78 is 11.2. The van der Waals surface area contributed by atoms with Gasteiger partial charge in [0.15, 0.2) is 6.61 Å². The van der Waals surface area contributed by atoms with Crippen LogP contribution in [0.5, 0.6) is 5.75 Å². The summed E-state index contributed by atoms with van der Waals surface area (Å²) in [5.41, 5.74) is 1.14. The van der Waals surface area contributed by atoms with Crippen molar-refractivity contribution in [3.63, 3.8) is 0 Å². The number of benzene rings is 1. The maximum atomic E-state index is 12.7. The van der Waals surface area contributed by atoms with Gasteiger partial charge in [-0.25, -0.2) is 4.79 Å². The number of carbonyl (C=O) groups is 2. The Morgan fingerprint density at radius 3 is 2.89 bits per heavy atom. The second-order valence-electron chi connectivity index (χ2n) is 10.0. The molecule has 35 heavy (non-hydrogen) atoms. The molecule has 2 atom stereocenters. The lowest BCUT2D eigenvalue weighted by Gasteiger charge is -2.47. The molecule has 2 amide bonds. The van der Waals surface area contributed by atoms with Crippen molar-refractivity contribution < 1.29 is 23.8 Å². The van der Waals surface area contributed by atoms with Crippen molar-refractivity contribution in [2.45, 2.75) is 70.8 Å². The van der Waals surface area contributed by atoms with Crippen LogP contribution in [0.1, 0.15) is 63.0 Å². The van der Waals surface area contributed by atoms with Crippen LogP contribution in [0.15, 0.2) is 27.4 Å². The highest BCUT2D eigenvalue weighted by molar-refractivity contribution is 5.88. The van der Waals surface area contributed by atoms with Crippen molar-refractivity contribution in [3.8, 4) is 5.75 Å². The quantitative estimate of drug-likeness (QED) is 0.558. The molecular weight excluding hydrogens is 448 g/mol. The highest BCUT2D eigenvalue weighted by Crippen LogP contribution is 2.39. The zero-order valence-corrected chi connectivity index (χ0v) is 20.7. The average molecular weight is 485 g/mol. The Hall–Kier alpha value is -2.87. The van der Waals surface area contributed by atoms with Crippen LogP contribution < -0.4 is 15.7 Å². The summed E-state index contributed by atoms with van der Waals surface area (Å²) in [4.78, 5) is 38.9. The molecule has 8 heteroatoms. The van der Waals surface area contributed by atoms with Crippen LogP contribution in [-0.4, -0.2) is 53.7 Å². The highest BCUT2D eigenvalue weighted by Gasteiger charge is 2.43. The monoisotopic (exact) mass is 484 g/mol. The smallest absolute Gasteiger partial charge is 0.336 e. The summed E-state index contributed by atoms with van der Waals surface area (Å²) >= 11 is 0. The van der Waals surface area contributed by atoms with Gasteiger partial charge in [-0.05, 0) is 55.9 Å². The van der Waals surface area contributed by atoms with Gasteiger partial charge in [0.25, 0.3) is 5.91 Å². The predicted molar refractivity (Wildman–Crippen MR) is 132 cm³/mol. The molecule has 0 spiro atoms. The molecule has 1 aromatic carbocycles. The largest absolute Gasteiger partial charge is 0.483 e. The Kier molecular flexibility index (Phi) is 7.79. The van der Waals surface area contributed by atoms with E-state index in [1.807, 2.05) is 24.8 Å². The minimum absolute atomic E-state index is 0.00255. The maximum Gasteiger partial charge on any atom is 0.336 e. The number of carbonyl (C=O) groups excluding carboxylic acids is 2. The molecule has 8 nitrogen and oxygen atoms in total. The first kappa shape index (κ1) is 25.2. The fraction of sp³-hybridized carbons (Fsp3) is 0.593. The Balaban J connectivity index is 1.30. The summed E-state index contributed by atoms with van der Waals surface area (Å²) in [5.74, 6) is 0.347. The Morgan fingerprint density at radius 2 is 2.09 bits per heavy atom. The lowest BCUT2D eigenvalue weighted by molar-refractivity contribution is -0.143. The molecule has 2 fully saturated rings. The highest BCUT2D eigenvalue weighted by atomic mass is 16.5. The van der Waals surface area contributed by atoms with Gasteiger partial charge in [-0.2, -0.15) is 0 Å². The lowest BCUT2D eigenvalue weighted by Crippen LogP contribution is -2.54. The topological polar surface area (TPSA) is 109 Å². The predicted octanol–water partition coefficient (Wildman–Crippen LogP) is 3.09. The van der Waals surface area contributed by atoms with Crippen molar-refractivity contribution >= 4 is 22.8 Å². The number of piperidine rings is 1. The summed E-state index contributed by atoms with van der Waals surface area (Å²) in [6.45, 7) is 5.11. The van der Waals surface area contributed by atoms with E-state index in [0.717, 1.165) is 43.2 Å². The fourth-order valence-electron chi connectivity index (χ4n) is 5.51. The van der Waals surface area contributed by atoms with Gasteiger partial charge in [0.2, 0.25) is 5.91 Å². The first-order chi connectivity index (χ1) is 16.8. The molecule has 0 unspecified atom stereocenters. The van der Waals surface area contributed by atoms with Crippen LogP contribution in [0.3, 0.4) is 0 Å². The third-order valence-electron chi connectivity index (χ3n) is 7.35. The van der Waals surface area contributed by atoms with Crippen LogP contribution in [0, 0.1) is 12.8 Å². The third kappa shape index (κ3) is 5.86. The molecule has 1 aliphatic carbocycles. The standard InChI is InChI=1S/C27H36N2O6/c1-3-6-19-15-25(32)35-22-14-18(2)13-21(26(19)22)34-17-23(30)28-11-8-24(31)29-12-10-27(33)9-5-4-7-20(27)16-29/h13-15,20,33H,3-12,16-17H2,1-2H3,(H,28,30)/t20-,27-/m1/s1. The lowest BCUT2D eigenvalue weighted by atomic mass is 9.71. The van der Waals surface area contributed by atoms with Gasteiger partial charge in [-0.15, -0.1) is 0 Å². The van der Waals surface area contributed by atoms with Gasteiger partial charge in [0.05, 0.1) is 11.0 Å². The first-order valence-electron chi connectivity index (χ1n) is 12.8. The van der Waals surface area contributed by atoms with Crippen molar-refractivity contribution in [1.82, 2.24) is 10.2 Å². The van der Waals surface area contributed by atoms with E-state index in [1.165, 1.54) is 6.07 Å². The SMILES string of the molecule is CCCc1cc(=O)oc2cc(C)cc(OCC(=O)NCCC(=O)N3CC[C@]4(O)CCCC[C@@H]4C3)c12. The van der Waals surface area contributed by atoms with Gasteiger partial charge < -0.3 is 24.5 Å². The van der Waals surface area contributed by atoms with E-state index in [-0.39, 0.29) is 37.3 Å². The molecule has 2 N–H and O–H groups in total. The first-order valence-corrected chi connectivity index (χ1v) is 12.8. The van der Waals surface area contributed by atoms with Crippen LogP contribution in [0.2, 0.25) is 0 Å². The van der Waals surface area contributed by atoms with Crippen molar-refractivity contribution in [2.75, 3.05) is 26.2 Å². The molecule has 1 aliphatic heterocycles. The van der Waals surface area contributed by atoms with E-state index in [2.05, 4.69) is 5.32 Å². The maximum absolute atomic E-state index is 12.7. The summed E-state index contributed by atoms with van der Waals surface area (Å²) in [7, 11) is 0. The second-order valence-corrected chi connectivity index (χ2v) is 10.0. The zero-order chi connectivity index (χ0) is 25.0. The number of aryl methyl sites for hydroxylation is 2. The number of hydrogen-bond acceptors (Lipinski definition) is 6. The second kappa shape index (κ2) is 10.8. The van der Waals surface area contributed by atoms with Crippen molar-refractivity contribution in [1.29, 1.82) is 0 Å². The van der Waals surface area contributed by atoms with Crippen molar-refractivity contribution in [3.05, 3.63) is 39.7 Å². The number of rotatable bonds is 8. The van der Waals surface area contributed by atoms with Gasteiger partial charge in [-0.3, -0.25) is 9.59 Å². The van der Waals surface area contributed by atoms with E-state index < -0.39 is 11.2 Å². The summed E-state index contributed by atoms with van der Waals surface area (Å²) in [6, 6.07) is 5.11. The molecule has 2 aromatic rings. The number of nitrogens with zero attached hydrogens (tertiary/aromatic N) is 1. The molecule has 190 valence electrons. The summed E-state index contributed by atoms with van der Waals surface area (Å²) in [6.07, 6.45) is 6.37. The number of nitrogens with one attached hydrogen (secondary N) is 1. The minimum Gasteiger partial charge on any atom is -0.483 e. The van der Waals surface area contributed by atoms with Crippen molar-refractivity contribution in [2.24, 2.45) is 5.92 Å². The Labute approximate surface area is 205 Å². The van der Waals surface area contributed by atoms with Gasteiger partial charge in [-0.1, -0.05) is 26.2 Å². The van der Waals surface area contributed by atoms with Crippen LogP contribution >= 0.6 is 0 Å². The number of aliphatic hydroxyl groups is 1. The molecule has 4 rings (SSSR count). The number of likely N-dealkylation sites (tertiary alicyclic amines) is 1. The molecule has 2 aliphatic rings. The average Bonchev–Trinajstić information content (AvgIpc) is 2.81. The van der Waals surface area contributed by atoms with Gasteiger partial charge >= 0.3 is 5.63 Å². The third-order valence-corrected chi connectivity index (χ3v) is 7.35. The van der Waals surface area contributed by atoms with E-state index in [0.29, 0.717) is 42.6 Å². The Bertz CT molecular complexity index is 1140. The fourth-order valence-corrected chi connectivity index (χ4v) is 5.51. The Morgan fingerprint density at radius 1 is 1.26 bits per heavy atom. The zero-order valence-electron chi connectivity index (χ0n) is 20.7. The molecule has 0 bridgehead atoms. The number of fused-ring (bicyclic) bond motifs is 2. The number of hydrogen-bond donors (Lipinski definition) is 2. The van der Waals surface area contributed by atoms with Crippen LogP contribution in [0.4, 0.5) is 0 Å². The molecule has 1 saturated heterocycles. The molecular formula is C27H36N2O6. The van der Waals surface area contributed by atoms with E-state index in [9.17, 15) is 19.5 Å². The minimum atomic E-state index is -0.611.